The molecule has 1 aliphatic rings. The van der Waals surface area contributed by atoms with Gasteiger partial charge in [-0.3, -0.25) is 15.0 Å². The van der Waals surface area contributed by atoms with Crippen LogP contribution in [0.3, 0.4) is 0 Å². The zero-order chi connectivity index (χ0) is 17.8. The molecule has 3 rings (SSSR count). The lowest BCUT2D eigenvalue weighted by Gasteiger charge is -2.35. The molecular weight excluding hydrogens is 318 g/mol. The van der Waals surface area contributed by atoms with Crippen LogP contribution in [-0.4, -0.2) is 52.3 Å². The molecule has 1 fully saturated rings. The molecule has 0 unspecified atom stereocenters. The molecule has 1 aromatic carbocycles. The quantitative estimate of drug-likeness (QED) is 0.594. The van der Waals surface area contributed by atoms with Crippen molar-refractivity contribution in [1.29, 1.82) is 0 Å². The Labute approximate surface area is 148 Å². The van der Waals surface area contributed by atoms with E-state index in [2.05, 4.69) is 39.2 Å². The van der Waals surface area contributed by atoms with E-state index in [1.54, 1.807) is 11.7 Å². The fourth-order valence-electron chi connectivity index (χ4n) is 3.45. The second-order valence-electron chi connectivity index (χ2n) is 6.42. The minimum atomic E-state index is -0.289. The number of nitro groups is 1. The maximum absolute atomic E-state index is 11.5. The first kappa shape index (κ1) is 17.4. The molecule has 0 spiro atoms. The number of aryl methyl sites for hydroxylation is 2. The molecule has 7 heteroatoms. The van der Waals surface area contributed by atoms with Crippen molar-refractivity contribution in [2.24, 2.45) is 7.05 Å². The molecule has 7 nitrogen and oxygen atoms in total. The van der Waals surface area contributed by atoms with Gasteiger partial charge in [0, 0.05) is 39.8 Å². The Hall–Kier alpha value is -2.41. The highest BCUT2D eigenvalue weighted by atomic mass is 16.6. The standard InChI is InChI=1S/C18H25N5O2/c1-3-16-17(23(24)25)18(20(2)19-16)22-13-11-21(12-14-22)10-9-15-7-5-4-6-8-15/h4-8H,3,9-14H2,1-2H3. The van der Waals surface area contributed by atoms with E-state index in [0.717, 1.165) is 39.1 Å². The van der Waals surface area contributed by atoms with Crippen LogP contribution in [0.2, 0.25) is 0 Å². The topological polar surface area (TPSA) is 67.4 Å². The van der Waals surface area contributed by atoms with Gasteiger partial charge >= 0.3 is 5.69 Å². The van der Waals surface area contributed by atoms with Gasteiger partial charge in [-0.15, -0.1) is 0 Å². The first-order valence-electron chi connectivity index (χ1n) is 8.81. The van der Waals surface area contributed by atoms with E-state index in [-0.39, 0.29) is 10.6 Å². The predicted molar refractivity (Wildman–Crippen MR) is 98.0 cm³/mol. The molecular formula is C18H25N5O2. The van der Waals surface area contributed by atoms with E-state index >= 15 is 0 Å². The Morgan fingerprint density at radius 2 is 1.84 bits per heavy atom. The molecule has 0 N–H and O–H groups in total. The van der Waals surface area contributed by atoms with Crippen molar-refractivity contribution in [3.63, 3.8) is 0 Å². The minimum absolute atomic E-state index is 0.169. The Kier molecular flexibility index (Phi) is 5.33. The van der Waals surface area contributed by atoms with Crippen molar-refractivity contribution in [3.05, 3.63) is 51.7 Å². The molecule has 134 valence electrons. The van der Waals surface area contributed by atoms with Gasteiger partial charge in [-0.25, -0.2) is 4.68 Å². The SMILES string of the molecule is CCc1nn(C)c(N2CCN(CCc3ccccc3)CC2)c1[N+](=O)[O-]. The first-order valence-corrected chi connectivity index (χ1v) is 8.81. The van der Waals surface area contributed by atoms with Crippen molar-refractivity contribution in [1.82, 2.24) is 14.7 Å². The number of hydrogen-bond donors (Lipinski definition) is 0. The summed E-state index contributed by atoms with van der Waals surface area (Å²) in [5.74, 6) is 0.643. The van der Waals surface area contributed by atoms with E-state index in [9.17, 15) is 10.1 Å². The Balaban J connectivity index is 1.63. The summed E-state index contributed by atoms with van der Waals surface area (Å²) in [6, 6.07) is 10.5. The average molecular weight is 343 g/mol. The van der Waals surface area contributed by atoms with Gasteiger partial charge in [0.15, 0.2) is 0 Å². The highest BCUT2D eigenvalue weighted by Gasteiger charge is 2.31. The largest absolute Gasteiger partial charge is 0.349 e. The van der Waals surface area contributed by atoms with Gasteiger partial charge < -0.3 is 4.90 Å². The van der Waals surface area contributed by atoms with E-state index in [0.29, 0.717) is 17.9 Å². The van der Waals surface area contributed by atoms with E-state index in [1.165, 1.54) is 5.56 Å². The Morgan fingerprint density at radius 1 is 1.16 bits per heavy atom. The van der Waals surface area contributed by atoms with Gasteiger partial charge in [0.2, 0.25) is 5.82 Å². The molecule has 0 saturated carbocycles. The maximum Gasteiger partial charge on any atom is 0.334 e. The van der Waals surface area contributed by atoms with Crippen molar-refractivity contribution >= 4 is 11.5 Å². The van der Waals surface area contributed by atoms with Gasteiger partial charge in [0.1, 0.15) is 5.69 Å². The van der Waals surface area contributed by atoms with Crippen LogP contribution < -0.4 is 4.90 Å². The van der Waals surface area contributed by atoms with E-state index in [4.69, 9.17) is 0 Å². The molecule has 0 aliphatic carbocycles. The van der Waals surface area contributed by atoms with Crippen LogP contribution in [0.4, 0.5) is 11.5 Å². The molecule has 1 saturated heterocycles. The van der Waals surface area contributed by atoms with Crippen LogP contribution in [0.15, 0.2) is 30.3 Å². The molecule has 1 aromatic heterocycles. The maximum atomic E-state index is 11.5. The third-order valence-electron chi connectivity index (χ3n) is 4.81. The Bertz CT molecular complexity index is 721. The second kappa shape index (κ2) is 7.65. The number of nitrogens with zero attached hydrogens (tertiary/aromatic N) is 5. The molecule has 0 bridgehead atoms. The summed E-state index contributed by atoms with van der Waals surface area (Å²) in [5, 5.41) is 15.8. The minimum Gasteiger partial charge on any atom is -0.349 e. The summed E-state index contributed by atoms with van der Waals surface area (Å²) >= 11 is 0. The normalized spacial score (nSPS) is 15.5. The predicted octanol–water partition coefficient (Wildman–Crippen LogP) is 2.26. The summed E-state index contributed by atoms with van der Waals surface area (Å²) in [5.41, 5.74) is 2.08. The summed E-state index contributed by atoms with van der Waals surface area (Å²) in [6.45, 7) is 6.33. The molecule has 25 heavy (non-hydrogen) atoms. The van der Waals surface area contributed by atoms with Crippen LogP contribution in [0.25, 0.3) is 0 Å². The van der Waals surface area contributed by atoms with Crippen molar-refractivity contribution in [3.8, 4) is 0 Å². The van der Waals surface area contributed by atoms with Gasteiger partial charge in [-0.1, -0.05) is 37.3 Å². The van der Waals surface area contributed by atoms with Crippen LogP contribution in [0, 0.1) is 10.1 Å². The Morgan fingerprint density at radius 3 is 2.44 bits per heavy atom. The number of rotatable bonds is 6. The van der Waals surface area contributed by atoms with Crippen molar-refractivity contribution in [2.75, 3.05) is 37.6 Å². The second-order valence-corrected chi connectivity index (χ2v) is 6.42. The fraction of sp³-hybridized carbons (Fsp3) is 0.500. The molecule has 0 amide bonds. The third-order valence-corrected chi connectivity index (χ3v) is 4.81. The van der Waals surface area contributed by atoms with Crippen LogP contribution in [0.5, 0.6) is 0 Å². The molecule has 1 aliphatic heterocycles. The number of anilines is 1. The first-order chi connectivity index (χ1) is 12.1. The van der Waals surface area contributed by atoms with Crippen LogP contribution in [-0.2, 0) is 19.9 Å². The van der Waals surface area contributed by atoms with Gasteiger partial charge in [-0.2, -0.15) is 5.10 Å². The summed E-state index contributed by atoms with van der Waals surface area (Å²) in [7, 11) is 1.79. The highest BCUT2D eigenvalue weighted by Crippen LogP contribution is 2.32. The monoisotopic (exact) mass is 343 g/mol. The van der Waals surface area contributed by atoms with Crippen molar-refractivity contribution < 1.29 is 4.92 Å². The third kappa shape index (κ3) is 3.82. The van der Waals surface area contributed by atoms with E-state index in [1.807, 2.05) is 13.0 Å². The fourth-order valence-corrected chi connectivity index (χ4v) is 3.45. The van der Waals surface area contributed by atoms with Gasteiger partial charge in [0.05, 0.1) is 4.92 Å². The molecule has 0 radical (unpaired) electrons. The molecule has 2 aromatic rings. The smallest absolute Gasteiger partial charge is 0.334 e. The highest BCUT2D eigenvalue weighted by molar-refractivity contribution is 5.61. The lowest BCUT2D eigenvalue weighted by atomic mass is 10.1. The van der Waals surface area contributed by atoms with Crippen LogP contribution >= 0.6 is 0 Å². The average Bonchev–Trinajstić information content (AvgIpc) is 2.98. The summed E-state index contributed by atoms with van der Waals surface area (Å²) in [6.07, 6.45) is 1.61. The van der Waals surface area contributed by atoms with Gasteiger partial charge in [0.25, 0.3) is 0 Å². The molecule has 2 heterocycles. The van der Waals surface area contributed by atoms with Gasteiger partial charge in [-0.05, 0) is 18.4 Å². The van der Waals surface area contributed by atoms with Crippen LogP contribution in [0.1, 0.15) is 18.2 Å². The summed E-state index contributed by atoms with van der Waals surface area (Å²) < 4.78 is 1.66. The molecule has 0 atom stereocenters. The zero-order valence-electron chi connectivity index (χ0n) is 14.9. The number of piperazine rings is 1. The lowest BCUT2D eigenvalue weighted by Crippen LogP contribution is -2.47. The summed E-state index contributed by atoms with van der Waals surface area (Å²) in [4.78, 5) is 15.7. The number of hydrogen-bond acceptors (Lipinski definition) is 5. The number of aromatic nitrogens is 2. The lowest BCUT2D eigenvalue weighted by molar-refractivity contribution is -0.384. The van der Waals surface area contributed by atoms with Crippen molar-refractivity contribution in [2.45, 2.75) is 19.8 Å². The number of benzene rings is 1. The zero-order valence-corrected chi connectivity index (χ0v) is 14.9. The van der Waals surface area contributed by atoms with E-state index < -0.39 is 0 Å².